The Morgan fingerprint density at radius 2 is 1.64 bits per heavy atom. The van der Waals surface area contributed by atoms with Crippen molar-refractivity contribution >= 4 is 17.5 Å². The quantitative estimate of drug-likeness (QED) is 0.922. The zero-order chi connectivity index (χ0) is 15.9. The molecule has 0 aromatic heterocycles. The standard InChI is InChI=1S/C18H20N2O2/c1-14-8-10-16(11-9-14)18(22)19-12-13-20(15(2)21)17-6-4-3-5-7-17/h3-11H,12-13H2,1-2H3,(H,19,22). The summed E-state index contributed by atoms with van der Waals surface area (Å²) in [7, 11) is 0. The lowest BCUT2D eigenvalue weighted by atomic mass is 10.1. The van der Waals surface area contributed by atoms with Gasteiger partial charge in [0.1, 0.15) is 0 Å². The maximum Gasteiger partial charge on any atom is 0.251 e. The largest absolute Gasteiger partial charge is 0.350 e. The molecule has 4 nitrogen and oxygen atoms in total. The SMILES string of the molecule is CC(=O)N(CCNC(=O)c1ccc(C)cc1)c1ccccc1. The highest BCUT2D eigenvalue weighted by atomic mass is 16.2. The van der Waals surface area contributed by atoms with Gasteiger partial charge in [0.25, 0.3) is 5.91 Å². The van der Waals surface area contributed by atoms with E-state index in [0.717, 1.165) is 11.3 Å². The average Bonchev–Trinajstić information content (AvgIpc) is 2.52. The zero-order valence-electron chi connectivity index (χ0n) is 12.9. The number of aryl methyl sites for hydroxylation is 1. The van der Waals surface area contributed by atoms with Crippen molar-refractivity contribution in [1.29, 1.82) is 0 Å². The summed E-state index contributed by atoms with van der Waals surface area (Å²) < 4.78 is 0. The van der Waals surface area contributed by atoms with Gasteiger partial charge < -0.3 is 10.2 Å². The summed E-state index contributed by atoms with van der Waals surface area (Å²) in [5.74, 6) is -0.174. The van der Waals surface area contributed by atoms with Crippen LogP contribution in [0, 0.1) is 6.92 Å². The topological polar surface area (TPSA) is 49.4 Å². The van der Waals surface area contributed by atoms with Crippen LogP contribution in [0.4, 0.5) is 5.69 Å². The van der Waals surface area contributed by atoms with Gasteiger partial charge in [0, 0.05) is 31.3 Å². The molecule has 0 saturated carbocycles. The number of carbonyl (C=O) groups excluding carboxylic acids is 2. The number of carbonyl (C=O) groups is 2. The molecule has 0 atom stereocenters. The predicted octanol–water partition coefficient (Wildman–Crippen LogP) is 2.78. The fourth-order valence-electron chi connectivity index (χ4n) is 2.16. The van der Waals surface area contributed by atoms with Crippen molar-refractivity contribution in [2.75, 3.05) is 18.0 Å². The second-order valence-corrected chi connectivity index (χ2v) is 5.13. The van der Waals surface area contributed by atoms with E-state index in [9.17, 15) is 9.59 Å². The second kappa shape index (κ2) is 7.41. The molecule has 0 fully saturated rings. The second-order valence-electron chi connectivity index (χ2n) is 5.13. The minimum absolute atomic E-state index is 0.0456. The van der Waals surface area contributed by atoms with E-state index in [2.05, 4.69) is 5.32 Å². The zero-order valence-corrected chi connectivity index (χ0v) is 12.9. The van der Waals surface area contributed by atoms with Gasteiger partial charge in [-0.15, -0.1) is 0 Å². The first-order valence-corrected chi connectivity index (χ1v) is 7.26. The lowest BCUT2D eigenvalue weighted by Crippen LogP contribution is -2.37. The van der Waals surface area contributed by atoms with Crippen LogP contribution in [0.5, 0.6) is 0 Å². The molecule has 0 heterocycles. The third kappa shape index (κ3) is 4.19. The Morgan fingerprint density at radius 3 is 2.23 bits per heavy atom. The molecule has 0 aliphatic carbocycles. The van der Waals surface area contributed by atoms with Crippen LogP contribution in [0.25, 0.3) is 0 Å². The number of benzene rings is 2. The summed E-state index contributed by atoms with van der Waals surface area (Å²) in [6, 6.07) is 16.8. The van der Waals surface area contributed by atoms with E-state index in [4.69, 9.17) is 0 Å². The molecule has 22 heavy (non-hydrogen) atoms. The van der Waals surface area contributed by atoms with Crippen molar-refractivity contribution in [3.63, 3.8) is 0 Å². The molecule has 0 radical (unpaired) electrons. The highest BCUT2D eigenvalue weighted by Crippen LogP contribution is 2.12. The summed E-state index contributed by atoms with van der Waals surface area (Å²) in [5.41, 5.74) is 2.57. The van der Waals surface area contributed by atoms with Gasteiger partial charge in [-0.3, -0.25) is 9.59 Å². The molecule has 0 bridgehead atoms. The normalized spacial score (nSPS) is 10.1. The Morgan fingerprint density at radius 1 is 1.00 bits per heavy atom. The molecule has 2 aromatic rings. The van der Waals surface area contributed by atoms with Crippen LogP contribution in [0.15, 0.2) is 54.6 Å². The van der Waals surface area contributed by atoms with Crippen molar-refractivity contribution in [2.24, 2.45) is 0 Å². The summed E-state index contributed by atoms with van der Waals surface area (Å²) in [6.45, 7) is 4.35. The Hall–Kier alpha value is -2.62. The maximum absolute atomic E-state index is 12.0. The number of hydrogen-bond donors (Lipinski definition) is 1. The number of nitrogens with zero attached hydrogens (tertiary/aromatic N) is 1. The minimum atomic E-state index is -0.128. The van der Waals surface area contributed by atoms with Crippen LogP contribution in [-0.2, 0) is 4.79 Å². The van der Waals surface area contributed by atoms with Gasteiger partial charge in [0.05, 0.1) is 0 Å². The number of rotatable bonds is 5. The fourth-order valence-corrected chi connectivity index (χ4v) is 2.16. The van der Waals surface area contributed by atoms with E-state index in [1.165, 1.54) is 6.92 Å². The lowest BCUT2D eigenvalue weighted by Gasteiger charge is -2.21. The molecule has 1 N–H and O–H groups in total. The Balaban J connectivity index is 1.92. The van der Waals surface area contributed by atoms with E-state index in [0.29, 0.717) is 18.7 Å². The maximum atomic E-state index is 12.0. The summed E-state index contributed by atoms with van der Waals surface area (Å²) in [6.07, 6.45) is 0. The molecular weight excluding hydrogens is 276 g/mol. The molecule has 2 rings (SSSR count). The summed E-state index contributed by atoms with van der Waals surface area (Å²) in [4.78, 5) is 25.4. The molecular formula is C18H20N2O2. The van der Waals surface area contributed by atoms with Crippen LogP contribution in [0.1, 0.15) is 22.8 Å². The molecule has 4 heteroatoms. The van der Waals surface area contributed by atoms with Crippen LogP contribution >= 0.6 is 0 Å². The third-order valence-electron chi connectivity index (χ3n) is 3.38. The molecule has 2 aromatic carbocycles. The van der Waals surface area contributed by atoms with E-state index < -0.39 is 0 Å². The monoisotopic (exact) mass is 296 g/mol. The van der Waals surface area contributed by atoms with Crippen molar-refractivity contribution in [3.05, 3.63) is 65.7 Å². The third-order valence-corrected chi connectivity index (χ3v) is 3.38. The van der Waals surface area contributed by atoms with Crippen molar-refractivity contribution < 1.29 is 9.59 Å². The van der Waals surface area contributed by atoms with Gasteiger partial charge in [-0.05, 0) is 31.2 Å². The van der Waals surface area contributed by atoms with Crippen LogP contribution < -0.4 is 10.2 Å². The van der Waals surface area contributed by atoms with Gasteiger partial charge in [-0.2, -0.15) is 0 Å². The molecule has 0 aliphatic rings. The summed E-state index contributed by atoms with van der Waals surface area (Å²) >= 11 is 0. The van der Waals surface area contributed by atoms with Crippen LogP contribution in [0.3, 0.4) is 0 Å². The summed E-state index contributed by atoms with van der Waals surface area (Å²) in [5, 5.41) is 2.84. The van der Waals surface area contributed by atoms with Gasteiger partial charge in [0.15, 0.2) is 0 Å². The Labute approximate surface area is 130 Å². The molecule has 0 unspecified atom stereocenters. The first-order valence-electron chi connectivity index (χ1n) is 7.26. The van der Waals surface area contributed by atoms with Crippen molar-refractivity contribution in [3.8, 4) is 0 Å². The van der Waals surface area contributed by atoms with Crippen molar-refractivity contribution in [1.82, 2.24) is 5.32 Å². The smallest absolute Gasteiger partial charge is 0.251 e. The van der Waals surface area contributed by atoms with E-state index >= 15 is 0 Å². The van der Waals surface area contributed by atoms with Gasteiger partial charge in [-0.1, -0.05) is 35.9 Å². The van der Waals surface area contributed by atoms with E-state index in [1.54, 1.807) is 17.0 Å². The molecule has 114 valence electrons. The fraction of sp³-hybridized carbons (Fsp3) is 0.222. The molecule has 2 amide bonds. The van der Waals surface area contributed by atoms with E-state index in [-0.39, 0.29) is 11.8 Å². The first kappa shape index (κ1) is 15.8. The molecule has 0 spiro atoms. The number of anilines is 1. The highest BCUT2D eigenvalue weighted by molar-refractivity contribution is 5.94. The average molecular weight is 296 g/mol. The van der Waals surface area contributed by atoms with Crippen molar-refractivity contribution in [2.45, 2.75) is 13.8 Å². The number of para-hydroxylation sites is 1. The Kier molecular flexibility index (Phi) is 5.31. The molecule has 0 aliphatic heterocycles. The number of nitrogens with one attached hydrogen (secondary N) is 1. The predicted molar refractivity (Wildman–Crippen MR) is 88.0 cm³/mol. The van der Waals surface area contributed by atoms with Gasteiger partial charge >= 0.3 is 0 Å². The van der Waals surface area contributed by atoms with Gasteiger partial charge in [0.2, 0.25) is 5.91 Å². The Bertz CT molecular complexity index is 636. The van der Waals surface area contributed by atoms with Crippen LogP contribution in [-0.4, -0.2) is 24.9 Å². The first-order chi connectivity index (χ1) is 10.6. The number of hydrogen-bond acceptors (Lipinski definition) is 2. The van der Waals surface area contributed by atoms with Gasteiger partial charge in [-0.25, -0.2) is 0 Å². The molecule has 0 saturated heterocycles. The minimum Gasteiger partial charge on any atom is -0.350 e. The van der Waals surface area contributed by atoms with E-state index in [1.807, 2.05) is 49.4 Å². The number of amides is 2. The lowest BCUT2D eigenvalue weighted by molar-refractivity contribution is -0.116. The van der Waals surface area contributed by atoms with Crippen LogP contribution in [0.2, 0.25) is 0 Å². The highest BCUT2D eigenvalue weighted by Gasteiger charge is 2.11.